The summed E-state index contributed by atoms with van der Waals surface area (Å²) < 4.78 is 39.4. The quantitative estimate of drug-likeness (QED) is 0.0978. The predicted octanol–water partition coefficient (Wildman–Crippen LogP) is 2.45. The van der Waals surface area contributed by atoms with Gasteiger partial charge in [0.15, 0.2) is 0 Å². The summed E-state index contributed by atoms with van der Waals surface area (Å²) >= 11 is 0. The molecule has 1 aliphatic heterocycles. The zero-order chi connectivity index (χ0) is 34.7. The van der Waals surface area contributed by atoms with E-state index in [4.69, 9.17) is 33.2 Å². The maximum atomic E-state index is 11.8. The summed E-state index contributed by atoms with van der Waals surface area (Å²) in [6.07, 6.45) is -4.72. The third-order valence-electron chi connectivity index (χ3n) is 8.77. The van der Waals surface area contributed by atoms with Crippen LogP contribution in [0.4, 0.5) is 0 Å². The zero-order valence-corrected chi connectivity index (χ0v) is 28.3. The van der Waals surface area contributed by atoms with Gasteiger partial charge in [-0.05, 0) is 55.2 Å². The average molecular weight is 665 g/mol. The van der Waals surface area contributed by atoms with E-state index in [1.807, 2.05) is 43.3 Å². The van der Waals surface area contributed by atoms with E-state index in [9.17, 15) is 25.5 Å². The Kier molecular flexibility index (Phi) is 14.9. The van der Waals surface area contributed by atoms with Crippen molar-refractivity contribution in [3.05, 3.63) is 53.6 Å². The molecular weight excluding hydrogens is 612 g/mol. The van der Waals surface area contributed by atoms with Gasteiger partial charge in [-0.2, -0.15) is 0 Å². The van der Waals surface area contributed by atoms with Crippen LogP contribution in [0, 0.1) is 0 Å². The van der Waals surface area contributed by atoms with E-state index in [-0.39, 0.29) is 6.61 Å². The first-order valence-corrected chi connectivity index (χ1v) is 15.8. The maximum Gasteiger partial charge on any atom is 0.134 e. The van der Waals surface area contributed by atoms with Gasteiger partial charge in [0.25, 0.3) is 0 Å². The molecule has 3 rings (SSSR count). The molecule has 5 N–H and O–H groups in total. The predicted molar refractivity (Wildman–Crippen MR) is 176 cm³/mol. The summed E-state index contributed by atoms with van der Waals surface area (Å²) in [5, 5.41) is 53.7. The van der Waals surface area contributed by atoms with Gasteiger partial charge in [0, 0.05) is 20.3 Å². The number of benzene rings is 2. The number of methoxy groups -OCH3 is 4. The number of epoxide rings is 1. The molecular formula is C35H52O12. The van der Waals surface area contributed by atoms with Crippen molar-refractivity contribution in [1.29, 1.82) is 0 Å². The molecule has 0 spiro atoms. The molecule has 0 radical (unpaired) electrons. The van der Waals surface area contributed by atoms with Crippen LogP contribution < -0.4 is 14.2 Å². The van der Waals surface area contributed by atoms with E-state index in [1.165, 1.54) is 14.2 Å². The summed E-state index contributed by atoms with van der Waals surface area (Å²) in [6.45, 7) is 4.50. The molecule has 0 amide bonds. The SMILES string of the molecule is CCC(OC(C(O)C(CO)OC)C(O)C(C)(CC)Oc1ccc(/C=C/c2cc(OC)cc(OC)c2)cc1)C(O)C1OC1C(CO)OC. The first kappa shape index (κ1) is 38.7. The summed E-state index contributed by atoms with van der Waals surface area (Å²) in [7, 11) is 5.97. The van der Waals surface area contributed by atoms with Gasteiger partial charge < -0.3 is 58.7 Å². The highest BCUT2D eigenvalue weighted by molar-refractivity contribution is 5.71. The van der Waals surface area contributed by atoms with Crippen molar-refractivity contribution in [3.63, 3.8) is 0 Å². The van der Waals surface area contributed by atoms with E-state index in [0.29, 0.717) is 30.1 Å². The highest BCUT2D eigenvalue weighted by Gasteiger charge is 2.53. The molecule has 12 heteroatoms. The lowest BCUT2D eigenvalue weighted by molar-refractivity contribution is -0.213. The van der Waals surface area contributed by atoms with Gasteiger partial charge >= 0.3 is 0 Å². The smallest absolute Gasteiger partial charge is 0.134 e. The van der Waals surface area contributed by atoms with Crippen molar-refractivity contribution >= 4 is 12.2 Å². The molecule has 1 saturated heterocycles. The fourth-order valence-corrected chi connectivity index (χ4v) is 5.45. The number of aliphatic hydroxyl groups is 5. The van der Waals surface area contributed by atoms with Crippen molar-refractivity contribution in [2.45, 2.75) is 94.1 Å². The van der Waals surface area contributed by atoms with E-state index in [2.05, 4.69) is 0 Å². The summed E-state index contributed by atoms with van der Waals surface area (Å²) in [5.74, 6) is 1.84. The first-order valence-electron chi connectivity index (χ1n) is 15.8. The van der Waals surface area contributed by atoms with Gasteiger partial charge in [-0.1, -0.05) is 38.1 Å². The van der Waals surface area contributed by atoms with Crippen molar-refractivity contribution in [3.8, 4) is 17.2 Å². The molecule has 2 aromatic carbocycles. The zero-order valence-electron chi connectivity index (χ0n) is 28.3. The molecule has 0 bridgehead atoms. The number of hydrogen-bond acceptors (Lipinski definition) is 12. The Balaban J connectivity index is 1.80. The van der Waals surface area contributed by atoms with Gasteiger partial charge in [-0.3, -0.25) is 0 Å². The third-order valence-corrected chi connectivity index (χ3v) is 8.77. The Morgan fingerprint density at radius 3 is 1.89 bits per heavy atom. The third kappa shape index (κ3) is 9.88. The summed E-state index contributed by atoms with van der Waals surface area (Å²) in [5.41, 5.74) is 0.530. The summed E-state index contributed by atoms with van der Waals surface area (Å²) in [6, 6.07) is 12.9. The van der Waals surface area contributed by atoms with Gasteiger partial charge in [-0.15, -0.1) is 0 Å². The van der Waals surface area contributed by atoms with Crippen LogP contribution in [0.1, 0.15) is 44.7 Å². The molecule has 2 aromatic rings. The van der Waals surface area contributed by atoms with Crippen LogP contribution in [0.5, 0.6) is 17.2 Å². The second-order valence-electron chi connectivity index (χ2n) is 11.8. The second kappa shape index (κ2) is 18.1. The van der Waals surface area contributed by atoms with Crippen molar-refractivity contribution < 1.29 is 58.7 Å². The molecule has 1 fully saturated rings. The van der Waals surface area contributed by atoms with Crippen LogP contribution in [0.3, 0.4) is 0 Å². The van der Waals surface area contributed by atoms with Gasteiger partial charge in [0.2, 0.25) is 0 Å². The molecule has 0 saturated carbocycles. The Bertz CT molecular complexity index is 1210. The molecule has 10 unspecified atom stereocenters. The van der Waals surface area contributed by atoms with Crippen LogP contribution in [0.2, 0.25) is 0 Å². The highest BCUT2D eigenvalue weighted by Crippen LogP contribution is 2.35. The first-order chi connectivity index (χ1) is 22.5. The standard InChI is InChI=1S/C35H52O12/c1-8-26(29(38)32-31(46-32)28(20-37)44-7)45-33(30(39)27(19-36)43-6)34(40)35(3,9-2)47-23-14-12-21(13-15-23)10-11-22-16-24(41-4)18-25(17-22)42-5/h10-18,26-34,36-40H,8-9,19-20H2,1-7H3/b11-10+. The molecule has 1 aliphatic rings. The van der Waals surface area contributed by atoms with E-state index in [1.54, 1.807) is 46.3 Å². The Hall–Kier alpha value is -2.78. The molecule has 0 aromatic heterocycles. The molecule has 10 atom stereocenters. The van der Waals surface area contributed by atoms with E-state index >= 15 is 0 Å². The normalized spacial score (nSPS) is 22.0. The maximum absolute atomic E-state index is 11.8. The number of hydrogen-bond donors (Lipinski definition) is 5. The van der Waals surface area contributed by atoms with Crippen LogP contribution in [-0.4, -0.2) is 128 Å². The molecule has 1 heterocycles. The average Bonchev–Trinajstić information content (AvgIpc) is 3.89. The molecule has 264 valence electrons. The van der Waals surface area contributed by atoms with Crippen LogP contribution in [-0.2, 0) is 18.9 Å². The minimum absolute atomic E-state index is 0.283. The largest absolute Gasteiger partial charge is 0.497 e. The monoisotopic (exact) mass is 664 g/mol. The van der Waals surface area contributed by atoms with Gasteiger partial charge in [0.05, 0.1) is 33.5 Å². The van der Waals surface area contributed by atoms with Crippen molar-refractivity contribution in [1.82, 2.24) is 0 Å². The minimum atomic E-state index is -1.49. The van der Waals surface area contributed by atoms with Crippen LogP contribution in [0.25, 0.3) is 12.2 Å². The highest BCUT2D eigenvalue weighted by atomic mass is 16.6. The number of aliphatic hydroxyl groups excluding tert-OH is 5. The van der Waals surface area contributed by atoms with Crippen molar-refractivity contribution in [2.75, 3.05) is 41.7 Å². The number of ether oxygens (including phenoxy) is 7. The topological polar surface area (TPSA) is 169 Å². The van der Waals surface area contributed by atoms with Crippen molar-refractivity contribution in [2.24, 2.45) is 0 Å². The lowest BCUT2D eigenvalue weighted by Crippen LogP contribution is -2.59. The molecule has 47 heavy (non-hydrogen) atoms. The fourth-order valence-electron chi connectivity index (χ4n) is 5.45. The Morgan fingerprint density at radius 1 is 0.787 bits per heavy atom. The van der Waals surface area contributed by atoms with Crippen LogP contribution >= 0.6 is 0 Å². The fraction of sp³-hybridized carbons (Fsp3) is 0.600. The lowest BCUT2D eigenvalue weighted by atomic mass is 9.87. The molecule has 0 aliphatic carbocycles. The molecule has 12 nitrogen and oxygen atoms in total. The van der Waals surface area contributed by atoms with E-state index in [0.717, 1.165) is 11.1 Å². The second-order valence-corrected chi connectivity index (χ2v) is 11.8. The summed E-state index contributed by atoms with van der Waals surface area (Å²) in [4.78, 5) is 0. The Morgan fingerprint density at radius 2 is 1.40 bits per heavy atom. The number of rotatable bonds is 21. The van der Waals surface area contributed by atoms with Crippen LogP contribution in [0.15, 0.2) is 42.5 Å². The van der Waals surface area contributed by atoms with Gasteiger partial charge in [-0.25, -0.2) is 0 Å². The van der Waals surface area contributed by atoms with E-state index < -0.39 is 67.1 Å². The van der Waals surface area contributed by atoms with Gasteiger partial charge in [0.1, 0.15) is 71.7 Å². The minimum Gasteiger partial charge on any atom is -0.497 e. The lowest BCUT2D eigenvalue weighted by Gasteiger charge is -2.42. The Labute approximate surface area is 277 Å².